The molecule has 1 atom stereocenters. The van der Waals surface area contributed by atoms with Crippen LogP contribution in [0.5, 0.6) is 0 Å². The lowest BCUT2D eigenvalue weighted by Crippen LogP contribution is -2.38. The highest BCUT2D eigenvalue weighted by Crippen LogP contribution is 2.38. The molecule has 0 aliphatic carbocycles. The lowest BCUT2D eigenvalue weighted by molar-refractivity contribution is -0.129. The fourth-order valence-electron chi connectivity index (χ4n) is 2.26. The molecule has 0 spiro atoms. The van der Waals surface area contributed by atoms with Crippen molar-refractivity contribution in [3.8, 4) is 11.1 Å². The number of thiophene rings is 1. The van der Waals surface area contributed by atoms with E-state index in [1.54, 1.807) is 26.4 Å². The van der Waals surface area contributed by atoms with E-state index in [1.807, 2.05) is 17.5 Å². The Morgan fingerprint density at radius 2 is 2.10 bits per heavy atom. The molecule has 2 aromatic rings. The van der Waals surface area contributed by atoms with Gasteiger partial charge in [-0.05, 0) is 30.0 Å². The van der Waals surface area contributed by atoms with Gasteiger partial charge >= 0.3 is 0 Å². The second-order valence-corrected chi connectivity index (χ2v) is 6.35. The first-order chi connectivity index (χ1) is 9.91. The molecule has 2 N–H and O–H groups in total. The van der Waals surface area contributed by atoms with Gasteiger partial charge < -0.3 is 5.73 Å². The van der Waals surface area contributed by atoms with Crippen LogP contribution in [-0.4, -0.2) is 28.8 Å². The zero-order valence-corrected chi connectivity index (χ0v) is 13.1. The van der Waals surface area contributed by atoms with Crippen molar-refractivity contribution < 1.29 is 4.79 Å². The predicted octanol–water partition coefficient (Wildman–Crippen LogP) is 2.47. The minimum absolute atomic E-state index is 0.127. The normalized spacial score (nSPS) is 21.8. The quantitative estimate of drug-likeness (QED) is 0.924. The summed E-state index contributed by atoms with van der Waals surface area (Å²) in [6.45, 7) is 1.78. The maximum absolute atomic E-state index is 12.3. The van der Waals surface area contributed by atoms with Crippen molar-refractivity contribution in [2.45, 2.75) is 12.5 Å². The van der Waals surface area contributed by atoms with Gasteiger partial charge in [-0.1, -0.05) is 11.6 Å². The summed E-state index contributed by atoms with van der Waals surface area (Å²) in [7, 11) is 1.63. The summed E-state index contributed by atoms with van der Waals surface area (Å²) in [6.07, 6.45) is 3.32. The molecule has 108 valence electrons. The number of carbonyl (C=O) groups is 1. The number of rotatable bonds is 2. The SMILES string of the molecule is CN1C(=O)C(C)(c2cc(-c3cncc(Cl)c3)cs2)N=C1N. The highest BCUT2D eigenvalue weighted by atomic mass is 35.5. The van der Waals surface area contributed by atoms with Crippen molar-refractivity contribution in [1.29, 1.82) is 0 Å². The molecule has 3 rings (SSSR count). The minimum Gasteiger partial charge on any atom is -0.369 e. The molecule has 0 saturated heterocycles. The summed E-state index contributed by atoms with van der Waals surface area (Å²) in [4.78, 5) is 23.0. The molecule has 0 bridgehead atoms. The second-order valence-electron chi connectivity index (χ2n) is 5.00. The molecule has 0 radical (unpaired) electrons. The number of likely N-dealkylation sites (N-methyl/N-ethyl adjacent to an activating group) is 1. The Morgan fingerprint density at radius 1 is 1.33 bits per heavy atom. The maximum Gasteiger partial charge on any atom is 0.262 e. The van der Waals surface area contributed by atoms with E-state index in [1.165, 1.54) is 16.2 Å². The number of aliphatic imine (C=N–C) groups is 1. The minimum atomic E-state index is -0.951. The Morgan fingerprint density at radius 3 is 2.71 bits per heavy atom. The zero-order chi connectivity index (χ0) is 15.2. The van der Waals surface area contributed by atoms with Gasteiger partial charge in [0.1, 0.15) is 0 Å². The predicted molar refractivity (Wildman–Crippen MR) is 84.3 cm³/mol. The molecule has 1 amide bonds. The number of nitrogens with zero attached hydrogens (tertiary/aromatic N) is 3. The first-order valence-electron chi connectivity index (χ1n) is 6.25. The molecule has 7 heteroatoms. The molecule has 3 heterocycles. The van der Waals surface area contributed by atoms with E-state index in [9.17, 15) is 4.79 Å². The number of hydrogen-bond donors (Lipinski definition) is 1. The van der Waals surface area contributed by atoms with E-state index in [4.69, 9.17) is 17.3 Å². The number of amides is 1. The van der Waals surface area contributed by atoms with Crippen molar-refractivity contribution in [1.82, 2.24) is 9.88 Å². The molecule has 2 aromatic heterocycles. The topological polar surface area (TPSA) is 71.6 Å². The molecular weight excluding hydrogens is 308 g/mol. The summed E-state index contributed by atoms with van der Waals surface area (Å²) in [5.41, 5.74) is 6.67. The lowest BCUT2D eigenvalue weighted by atomic mass is 9.99. The van der Waals surface area contributed by atoms with Crippen molar-refractivity contribution in [2.75, 3.05) is 7.05 Å². The van der Waals surface area contributed by atoms with E-state index in [0.29, 0.717) is 5.02 Å². The third-order valence-corrected chi connectivity index (χ3v) is 4.87. The molecule has 0 fully saturated rings. The fourth-order valence-corrected chi connectivity index (χ4v) is 3.45. The van der Waals surface area contributed by atoms with Crippen LogP contribution in [0.3, 0.4) is 0 Å². The van der Waals surface area contributed by atoms with Gasteiger partial charge in [-0.25, -0.2) is 4.99 Å². The largest absolute Gasteiger partial charge is 0.369 e. The van der Waals surface area contributed by atoms with Crippen LogP contribution >= 0.6 is 22.9 Å². The van der Waals surface area contributed by atoms with Crippen LogP contribution in [-0.2, 0) is 10.3 Å². The van der Waals surface area contributed by atoms with E-state index in [-0.39, 0.29) is 11.9 Å². The van der Waals surface area contributed by atoms with E-state index < -0.39 is 5.54 Å². The number of guanidine groups is 1. The Hall–Kier alpha value is -1.92. The lowest BCUT2D eigenvalue weighted by Gasteiger charge is -2.17. The van der Waals surface area contributed by atoms with E-state index >= 15 is 0 Å². The molecule has 1 aliphatic rings. The van der Waals surface area contributed by atoms with Gasteiger partial charge in [-0.3, -0.25) is 14.7 Å². The van der Waals surface area contributed by atoms with Crippen LogP contribution in [0.4, 0.5) is 0 Å². The van der Waals surface area contributed by atoms with Crippen LogP contribution in [0, 0.1) is 0 Å². The Labute approximate surface area is 131 Å². The third-order valence-electron chi connectivity index (χ3n) is 3.52. The van der Waals surface area contributed by atoms with Gasteiger partial charge in [0.15, 0.2) is 11.5 Å². The summed E-state index contributed by atoms with van der Waals surface area (Å²) < 4.78 is 0. The Kier molecular flexibility index (Phi) is 3.22. The molecule has 1 unspecified atom stereocenters. The highest BCUT2D eigenvalue weighted by molar-refractivity contribution is 7.10. The first kappa shape index (κ1) is 14.0. The molecule has 21 heavy (non-hydrogen) atoms. The van der Waals surface area contributed by atoms with E-state index in [0.717, 1.165) is 16.0 Å². The monoisotopic (exact) mass is 320 g/mol. The first-order valence-corrected chi connectivity index (χ1v) is 7.51. The number of carbonyl (C=O) groups excluding carboxylic acids is 1. The molecule has 5 nitrogen and oxygen atoms in total. The number of pyridine rings is 1. The summed E-state index contributed by atoms with van der Waals surface area (Å²) >= 11 is 7.43. The smallest absolute Gasteiger partial charge is 0.262 e. The number of hydrogen-bond acceptors (Lipinski definition) is 5. The highest BCUT2D eigenvalue weighted by Gasteiger charge is 2.44. The van der Waals surface area contributed by atoms with Crippen LogP contribution in [0.15, 0.2) is 34.9 Å². The van der Waals surface area contributed by atoms with Crippen molar-refractivity contribution in [3.63, 3.8) is 0 Å². The molecular formula is C14H13ClN4OS. The van der Waals surface area contributed by atoms with E-state index in [2.05, 4.69) is 9.98 Å². The molecule has 1 aliphatic heterocycles. The zero-order valence-electron chi connectivity index (χ0n) is 11.5. The Bertz CT molecular complexity index is 757. The Balaban J connectivity index is 2.01. The van der Waals surface area contributed by atoms with Gasteiger partial charge in [0.2, 0.25) is 0 Å². The maximum atomic E-state index is 12.3. The molecule has 0 saturated carbocycles. The van der Waals surface area contributed by atoms with Crippen LogP contribution in [0.2, 0.25) is 5.02 Å². The molecule has 0 aromatic carbocycles. The van der Waals surface area contributed by atoms with Crippen molar-refractivity contribution >= 4 is 34.8 Å². The number of aromatic nitrogens is 1. The van der Waals surface area contributed by atoms with Gasteiger partial charge in [0.05, 0.1) is 5.02 Å². The van der Waals surface area contributed by atoms with Gasteiger partial charge in [0, 0.05) is 29.9 Å². The number of nitrogens with two attached hydrogens (primary N) is 1. The van der Waals surface area contributed by atoms with Gasteiger partial charge in [0.25, 0.3) is 5.91 Å². The second kappa shape index (κ2) is 4.82. The number of halogens is 1. The van der Waals surface area contributed by atoms with Gasteiger partial charge in [-0.15, -0.1) is 11.3 Å². The van der Waals surface area contributed by atoms with Crippen molar-refractivity contribution in [3.05, 3.63) is 39.8 Å². The standard InChI is InChI=1S/C14H13ClN4OS/c1-14(12(20)19(2)13(16)18-14)11-4-9(7-21-11)8-3-10(15)6-17-5-8/h3-7H,1-2H3,(H2,16,18). The van der Waals surface area contributed by atoms with Crippen LogP contribution in [0.1, 0.15) is 11.8 Å². The fraction of sp³-hybridized carbons (Fsp3) is 0.214. The van der Waals surface area contributed by atoms with Crippen LogP contribution < -0.4 is 5.73 Å². The summed E-state index contributed by atoms with van der Waals surface area (Å²) in [5.74, 6) is 0.111. The summed E-state index contributed by atoms with van der Waals surface area (Å²) in [6, 6.07) is 3.77. The average molecular weight is 321 g/mol. The van der Waals surface area contributed by atoms with Crippen LogP contribution in [0.25, 0.3) is 11.1 Å². The summed E-state index contributed by atoms with van der Waals surface area (Å²) in [5, 5.41) is 2.54. The van der Waals surface area contributed by atoms with Crippen molar-refractivity contribution in [2.24, 2.45) is 10.7 Å². The third kappa shape index (κ3) is 2.20. The average Bonchev–Trinajstić information content (AvgIpc) is 3.01. The van der Waals surface area contributed by atoms with Gasteiger partial charge in [-0.2, -0.15) is 0 Å².